The van der Waals surface area contributed by atoms with Crippen molar-refractivity contribution in [3.05, 3.63) is 11.3 Å². The molecule has 3 N–H and O–H groups in total. The van der Waals surface area contributed by atoms with Gasteiger partial charge in [-0.15, -0.1) is 0 Å². The molecule has 0 saturated carbocycles. The van der Waals surface area contributed by atoms with E-state index >= 15 is 0 Å². The molecule has 0 radical (unpaired) electrons. The highest BCUT2D eigenvalue weighted by Gasteiger charge is 2.38. The van der Waals surface area contributed by atoms with Gasteiger partial charge >= 0.3 is 0 Å². The van der Waals surface area contributed by atoms with Gasteiger partial charge in [0.2, 0.25) is 0 Å². The molecular formula is C12H21N3O2. The minimum Gasteiger partial charge on any atom is -0.401 e. The van der Waals surface area contributed by atoms with Gasteiger partial charge < -0.3 is 16.0 Å². The molecule has 1 heterocycles. The molecule has 0 unspecified atom stereocenters. The van der Waals surface area contributed by atoms with Gasteiger partial charge in [-0.05, 0) is 13.8 Å². The minimum atomic E-state index is -0.387. The first-order valence-electron chi connectivity index (χ1n) is 5.73. The van der Waals surface area contributed by atoms with Gasteiger partial charge in [-0.3, -0.25) is 9.59 Å². The second kappa shape index (κ2) is 4.39. The van der Waals surface area contributed by atoms with Crippen molar-refractivity contribution in [2.45, 2.75) is 33.7 Å². The number of hydrogen-bond donors (Lipinski definition) is 2. The van der Waals surface area contributed by atoms with E-state index in [0.717, 1.165) is 0 Å². The van der Waals surface area contributed by atoms with Crippen molar-refractivity contribution in [2.24, 2.45) is 11.1 Å². The first-order chi connectivity index (χ1) is 7.66. The van der Waals surface area contributed by atoms with Crippen LogP contribution in [-0.2, 0) is 9.59 Å². The molecule has 2 amide bonds. The van der Waals surface area contributed by atoms with E-state index in [1.807, 2.05) is 27.7 Å². The molecule has 0 bridgehead atoms. The average molecular weight is 239 g/mol. The molecule has 0 aliphatic carbocycles. The monoisotopic (exact) mass is 239 g/mol. The van der Waals surface area contributed by atoms with Crippen molar-refractivity contribution >= 4 is 11.8 Å². The summed E-state index contributed by atoms with van der Waals surface area (Å²) >= 11 is 0. The van der Waals surface area contributed by atoms with E-state index in [1.165, 1.54) is 4.90 Å². The maximum Gasteiger partial charge on any atom is 0.261 e. The van der Waals surface area contributed by atoms with Gasteiger partial charge in [0.15, 0.2) is 0 Å². The standard InChI is InChI=1S/C12H21N3O2/c1-7(2)14-10(16)8-9(13)12(3,4)6-15(5)11(8)17/h7H,6,13H2,1-5H3,(H,14,16). The Balaban J connectivity index is 3.16. The van der Waals surface area contributed by atoms with Crippen LogP contribution >= 0.6 is 0 Å². The fourth-order valence-corrected chi connectivity index (χ4v) is 1.95. The quantitative estimate of drug-likeness (QED) is 0.677. The Morgan fingerprint density at radius 1 is 1.47 bits per heavy atom. The molecular weight excluding hydrogens is 218 g/mol. The lowest BCUT2D eigenvalue weighted by Gasteiger charge is -2.37. The number of nitrogens with two attached hydrogens (primary N) is 1. The third-order valence-corrected chi connectivity index (χ3v) is 2.84. The lowest BCUT2D eigenvalue weighted by atomic mass is 9.82. The van der Waals surface area contributed by atoms with Crippen LogP contribution in [0.15, 0.2) is 11.3 Å². The maximum atomic E-state index is 12.0. The zero-order valence-corrected chi connectivity index (χ0v) is 11.1. The summed E-state index contributed by atoms with van der Waals surface area (Å²) < 4.78 is 0. The predicted molar refractivity (Wildman–Crippen MR) is 65.9 cm³/mol. The number of nitrogens with one attached hydrogen (secondary N) is 1. The number of carbonyl (C=O) groups excluding carboxylic acids is 2. The number of carbonyl (C=O) groups is 2. The lowest BCUT2D eigenvalue weighted by molar-refractivity contribution is -0.131. The molecule has 0 aromatic carbocycles. The topological polar surface area (TPSA) is 75.4 Å². The van der Waals surface area contributed by atoms with E-state index in [1.54, 1.807) is 7.05 Å². The molecule has 17 heavy (non-hydrogen) atoms. The molecule has 0 saturated heterocycles. The molecule has 5 heteroatoms. The van der Waals surface area contributed by atoms with E-state index in [4.69, 9.17) is 5.73 Å². The fourth-order valence-electron chi connectivity index (χ4n) is 1.95. The van der Waals surface area contributed by atoms with Gasteiger partial charge in [-0.2, -0.15) is 0 Å². The molecule has 0 aromatic rings. The molecule has 0 atom stereocenters. The summed E-state index contributed by atoms with van der Waals surface area (Å²) in [6.07, 6.45) is 0. The summed E-state index contributed by atoms with van der Waals surface area (Å²) in [6.45, 7) is 8.06. The number of hydrogen-bond acceptors (Lipinski definition) is 3. The average Bonchev–Trinajstić information content (AvgIpc) is 2.13. The Labute approximate surface area is 102 Å². The van der Waals surface area contributed by atoms with Crippen molar-refractivity contribution in [1.82, 2.24) is 10.2 Å². The summed E-state index contributed by atoms with van der Waals surface area (Å²) in [5.41, 5.74) is 6.04. The Kier molecular flexibility index (Phi) is 3.50. The zero-order chi connectivity index (χ0) is 13.4. The number of nitrogens with zero attached hydrogens (tertiary/aromatic N) is 1. The first-order valence-corrected chi connectivity index (χ1v) is 5.73. The smallest absolute Gasteiger partial charge is 0.261 e. The summed E-state index contributed by atoms with van der Waals surface area (Å²) in [4.78, 5) is 25.5. The van der Waals surface area contributed by atoms with Crippen LogP contribution in [0.25, 0.3) is 0 Å². The van der Waals surface area contributed by atoms with E-state index in [2.05, 4.69) is 5.32 Å². The second-order valence-corrected chi connectivity index (χ2v) is 5.46. The number of likely N-dealkylation sites (N-methyl/N-ethyl adjacent to an activating group) is 1. The van der Waals surface area contributed by atoms with E-state index in [0.29, 0.717) is 12.2 Å². The summed E-state index contributed by atoms with van der Waals surface area (Å²) in [5.74, 6) is -0.692. The minimum absolute atomic E-state index is 0.0223. The third kappa shape index (κ3) is 2.60. The van der Waals surface area contributed by atoms with Crippen LogP contribution in [0.4, 0.5) is 0 Å². The summed E-state index contributed by atoms with van der Waals surface area (Å²) in [5, 5.41) is 2.71. The zero-order valence-electron chi connectivity index (χ0n) is 11.1. The van der Waals surface area contributed by atoms with Gasteiger partial charge in [0, 0.05) is 30.7 Å². The molecule has 1 rings (SSSR count). The normalized spacial score (nSPS) is 19.9. The van der Waals surface area contributed by atoms with Crippen molar-refractivity contribution in [3.63, 3.8) is 0 Å². The molecule has 1 aliphatic heterocycles. The molecule has 5 nitrogen and oxygen atoms in total. The van der Waals surface area contributed by atoms with Crippen LogP contribution in [0.3, 0.4) is 0 Å². The summed E-state index contributed by atoms with van der Waals surface area (Å²) in [7, 11) is 1.68. The Hall–Kier alpha value is -1.52. The fraction of sp³-hybridized carbons (Fsp3) is 0.667. The van der Waals surface area contributed by atoms with Crippen LogP contribution in [0.2, 0.25) is 0 Å². The van der Waals surface area contributed by atoms with E-state index in [9.17, 15) is 9.59 Å². The Morgan fingerprint density at radius 2 is 2.00 bits per heavy atom. The van der Waals surface area contributed by atoms with Crippen LogP contribution < -0.4 is 11.1 Å². The van der Waals surface area contributed by atoms with Gasteiger partial charge in [-0.1, -0.05) is 13.8 Å². The third-order valence-electron chi connectivity index (χ3n) is 2.84. The SMILES string of the molecule is CC(C)NC(=O)C1=C(N)C(C)(C)CN(C)C1=O. The maximum absolute atomic E-state index is 12.0. The largest absolute Gasteiger partial charge is 0.401 e. The van der Waals surface area contributed by atoms with Gasteiger partial charge in [-0.25, -0.2) is 0 Å². The van der Waals surface area contributed by atoms with Crippen LogP contribution in [-0.4, -0.2) is 36.3 Å². The highest BCUT2D eigenvalue weighted by Crippen LogP contribution is 2.31. The van der Waals surface area contributed by atoms with Crippen molar-refractivity contribution in [1.29, 1.82) is 0 Å². The molecule has 1 aliphatic rings. The van der Waals surface area contributed by atoms with E-state index < -0.39 is 0 Å². The molecule has 96 valence electrons. The van der Waals surface area contributed by atoms with Crippen LogP contribution in [0.1, 0.15) is 27.7 Å². The Morgan fingerprint density at radius 3 is 2.47 bits per heavy atom. The van der Waals surface area contributed by atoms with Crippen molar-refractivity contribution in [2.75, 3.05) is 13.6 Å². The first kappa shape index (κ1) is 13.5. The van der Waals surface area contributed by atoms with Crippen LogP contribution in [0.5, 0.6) is 0 Å². The summed E-state index contributed by atoms with van der Waals surface area (Å²) in [6, 6.07) is -0.0223. The van der Waals surface area contributed by atoms with E-state index in [-0.39, 0.29) is 28.8 Å². The number of rotatable bonds is 2. The van der Waals surface area contributed by atoms with Gasteiger partial charge in [0.1, 0.15) is 5.57 Å². The van der Waals surface area contributed by atoms with Crippen molar-refractivity contribution in [3.8, 4) is 0 Å². The van der Waals surface area contributed by atoms with Crippen molar-refractivity contribution < 1.29 is 9.59 Å². The number of amides is 2. The predicted octanol–water partition coefficient (Wildman–Crippen LogP) is 0.222. The molecule has 0 spiro atoms. The lowest BCUT2D eigenvalue weighted by Crippen LogP contribution is -2.50. The van der Waals surface area contributed by atoms with Gasteiger partial charge in [0.05, 0.1) is 0 Å². The molecule has 0 fully saturated rings. The highest BCUT2D eigenvalue weighted by atomic mass is 16.2. The molecule has 0 aromatic heterocycles. The second-order valence-electron chi connectivity index (χ2n) is 5.46. The Bertz CT molecular complexity index is 383. The van der Waals surface area contributed by atoms with Crippen LogP contribution in [0, 0.1) is 5.41 Å². The highest BCUT2D eigenvalue weighted by molar-refractivity contribution is 6.19. The van der Waals surface area contributed by atoms with Gasteiger partial charge in [0.25, 0.3) is 11.8 Å².